The lowest BCUT2D eigenvalue weighted by Gasteiger charge is -2.44. The van der Waals surface area contributed by atoms with Crippen LogP contribution in [-0.4, -0.2) is 52.3 Å². The molecule has 4 rings (SSSR count). The molecule has 0 spiro atoms. The van der Waals surface area contributed by atoms with Gasteiger partial charge in [-0.1, -0.05) is 29.4 Å². The fraction of sp³-hybridized carbons (Fsp3) is 0.364. The van der Waals surface area contributed by atoms with Crippen molar-refractivity contribution < 1.29 is 44.9 Å². The predicted octanol–water partition coefficient (Wildman–Crippen LogP) is 4.07. The number of amides is 1. The Morgan fingerprint density at radius 1 is 1.11 bits per heavy atom. The Morgan fingerprint density at radius 3 is 2.20 bits per heavy atom. The number of alkyl halides is 4. The number of carbonyl (C=O) groups excluding carboxylic acids is 1. The molecule has 2 aromatic carbocycles. The molecule has 0 radical (unpaired) electrons. The molecule has 2 atom stereocenters. The summed E-state index contributed by atoms with van der Waals surface area (Å²) >= 11 is -1.37. The van der Waals surface area contributed by atoms with Crippen molar-refractivity contribution in [1.82, 2.24) is 4.90 Å². The molecule has 0 aliphatic carbocycles. The third-order valence-electron chi connectivity index (χ3n) is 5.93. The van der Waals surface area contributed by atoms with Gasteiger partial charge in [-0.05, 0) is 34.4 Å². The standard InChI is InChI=1S/C22H17F7N2O3S/c1-35(33)9-18(32)31-10-20(26,11-31)13-4-2-12(3-5-13)17-8-21(34-30-17,22(27,28)29)14-6-15(23)19(25)16(24)7-14/h2-7H,8-11H2,1H3. The highest BCUT2D eigenvalue weighted by molar-refractivity contribution is 7.91. The molecule has 2 aromatic rings. The van der Waals surface area contributed by atoms with E-state index in [4.69, 9.17) is 0 Å². The van der Waals surface area contributed by atoms with E-state index in [1.54, 1.807) is 0 Å². The first-order valence-electron chi connectivity index (χ1n) is 10.1. The lowest BCUT2D eigenvalue weighted by atomic mass is 9.84. The van der Waals surface area contributed by atoms with E-state index in [9.17, 15) is 35.7 Å². The second-order valence-electron chi connectivity index (χ2n) is 8.39. The molecule has 35 heavy (non-hydrogen) atoms. The Labute approximate surface area is 197 Å². The molecule has 13 heteroatoms. The molecule has 2 unspecified atom stereocenters. The largest absolute Gasteiger partial charge is 0.616 e. The van der Waals surface area contributed by atoms with Crippen molar-refractivity contribution in [2.45, 2.75) is 23.9 Å². The van der Waals surface area contributed by atoms with Crippen molar-refractivity contribution in [1.29, 1.82) is 0 Å². The molecule has 188 valence electrons. The molecule has 1 amide bonds. The summed E-state index contributed by atoms with van der Waals surface area (Å²) in [5, 5.41) is 3.46. The number of carbonyl (C=O) groups is 1. The van der Waals surface area contributed by atoms with Gasteiger partial charge in [0.05, 0.1) is 25.1 Å². The van der Waals surface area contributed by atoms with Gasteiger partial charge in [0.15, 0.2) is 28.9 Å². The molecule has 0 bridgehead atoms. The average Bonchev–Trinajstić information content (AvgIpc) is 3.21. The number of hydrogen-bond donors (Lipinski definition) is 0. The van der Waals surface area contributed by atoms with Gasteiger partial charge in [0, 0.05) is 12.0 Å². The van der Waals surface area contributed by atoms with Crippen LogP contribution in [-0.2, 0) is 32.1 Å². The number of nitrogens with zero attached hydrogens (tertiary/aromatic N) is 2. The number of oxime groups is 1. The van der Waals surface area contributed by atoms with Crippen LogP contribution in [0.3, 0.4) is 0 Å². The lowest BCUT2D eigenvalue weighted by molar-refractivity contribution is -0.276. The summed E-state index contributed by atoms with van der Waals surface area (Å²) in [5.41, 5.74) is -6.02. The van der Waals surface area contributed by atoms with Crippen LogP contribution in [0.25, 0.3) is 0 Å². The van der Waals surface area contributed by atoms with Crippen molar-refractivity contribution >= 4 is 22.8 Å². The van der Waals surface area contributed by atoms with Crippen molar-refractivity contribution in [3.8, 4) is 0 Å². The summed E-state index contributed by atoms with van der Waals surface area (Å²) in [6, 6.07) is 5.67. The van der Waals surface area contributed by atoms with Gasteiger partial charge in [0.2, 0.25) is 0 Å². The maximum Gasteiger partial charge on any atom is 0.435 e. The van der Waals surface area contributed by atoms with Crippen LogP contribution in [0.2, 0.25) is 0 Å². The number of likely N-dealkylation sites (tertiary alicyclic amines) is 1. The molecule has 5 nitrogen and oxygen atoms in total. The number of halogens is 7. The topological polar surface area (TPSA) is 65.0 Å². The maximum absolute atomic E-state index is 15.1. The van der Waals surface area contributed by atoms with E-state index in [2.05, 4.69) is 9.99 Å². The van der Waals surface area contributed by atoms with E-state index in [0.29, 0.717) is 0 Å². The smallest absolute Gasteiger partial charge is 0.435 e. The second-order valence-corrected chi connectivity index (χ2v) is 9.83. The van der Waals surface area contributed by atoms with Crippen LogP contribution in [0.5, 0.6) is 0 Å². The van der Waals surface area contributed by atoms with Gasteiger partial charge < -0.3 is 14.3 Å². The highest BCUT2D eigenvalue weighted by Crippen LogP contribution is 2.49. The Kier molecular flexibility index (Phi) is 6.29. The van der Waals surface area contributed by atoms with Crippen molar-refractivity contribution in [3.05, 3.63) is 70.5 Å². The maximum atomic E-state index is 15.1. The van der Waals surface area contributed by atoms with Crippen LogP contribution in [0.4, 0.5) is 30.7 Å². The summed E-state index contributed by atoms with van der Waals surface area (Å²) in [4.78, 5) is 17.8. The molecule has 2 aliphatic heterocycles. The van der Waals surface area contributed by atoms with Crippen molar-refractivity contribution in [2.75, 3.05) is 25.1 Å². The molecule has 0 aromatic heterocycles. The van der Waals surface area contributed by atoms with Crippen LogP contribution in [0, 0.1) is 17.5 Å². The fourth-order valence-corrected chi connectivity index (χ4v) is 4.52. The van der Waals surface area contributed by atoms with E-state index < -0.39 is 64.0 Å². The molecule has 0 saturated carbocycles. The normalized spacial score (nSPS) is 22.3. The first kappa shape index (κ1) is 25.3. The molecular weight excluding hydrogens is 505 g/mol. The van der Waals surface area contributed by atoms with Crippen molar-refractivity contribution in [2.24, 2.45) is 5.16 Å². The second kappa shape index (κ2) is 8.70. The van der Waals surface area contributed by atoms with Gasteiger partial charge in [0.1, 0.15) is 0 Å². The SMILES string of the molecule is C[S+]([O-])CC(=O)N1CC(F)(c2ccc(C3=NOC(c4cc(F)c(F)c(F)c4)(C(F)(F)F)C3)cc2)C1. The van der Waals surface area contributed by atoms with Gasteiger partial charge in [-0.15, -0.1) is 0 Å². The Hall–Kier alpha value is -2.80. The molecule has 2 aliphatic rings. The van der Waals surface area contributed by atoms with Crippen LogP contribution >= 0.6 is 0 Å². The zero-order valence-electron chi connectivity index (χ0n) is 18.0. The summed E-state index contributed by atoms with van der Waals surface area (Å²) in [7, 11) is 0. The fourth-order valence-electron chi connectivity index (χ4n) is 3.99. The molecule has 0 N–H and O–H groups in total. The Bertz CT molecular complexity index is 1160. The summed E-state index contributed by atoms with van der Waals surface area (Å²) in [6.07, 6.45) is -4.77. The Morgan fingerprint density at radius 2 is 1.69 bits per heavy atom. The molecule has 2 heterocycles. The third kappa shape index (κ3) is 4.46. The third-order valence-corrected chi connectivity index (χ3v) is 6.59. The minimum absolute atomic E-state index is 0.139. The van der Waals surface area contributed by atoms with E-state index in [1.807, 2.05) is 0 Å². The van der Waals surface area contributed by atoms with E-state index in [1.165, 1.54) is 35.4 Å². The lowest BCUT2D eigenvalue weighted by Crippen LogP contribution is -2.59. The predicted molar refractivity (Wildman–Crippen MR) is 111 cm³/mol. The quantitative estimate of drug-likeness (QED) is 0.338. The minimum Gasteiger partial charge on any atom is -0.616 e. The van der Waals surface area contributed by atoms with Crippen LogP contribution in [0.1, 0.15) is 23.1 Å². The van der Waals surface area contributed by atoms with Crippen molar-refractivity contribution in [3.63, 3.8) is 0 Å². The molecular formula is C22H17F7N2O3S. The van der Waals surface area contributed by atoms with E-state index >= 15 is 4.39 Å². The summed E-state index contributed by atoms with van der Waals surface area (Å²) in [6.45, 7) is -0.517. The van der Waals surface area contributed by atoms with Gasteiger partial charge in [0.25, 0.3) is 11.5 Å². The average molecular weight is 522 g/mol. The number of rotatable bonds is 5. The van der Waals surface area contributed by atoms with Gasteiger partial charge >= 0.3 is 6.18 Å². The van der Waals surface area contributed by atoms with Gasteiger partial charge in [-0.2, -0.15) is 13.2 Å². The Balaban J connectivity index is 1.53. The van der Waals surface area contributed by atoms with Crippen LogP contribution < -0.4 is 0 Å². The first-order chi connectivity index (χ1) is 16.3. The molecule has 1 fully saturated rings. The van der Waals surface area contributed by atoms with E-state index in [-0.39, 0.29) is 47.8 Å². The summed E-state index contributed by atoms with van der Waals surface area (Å²) in [5.74, 6) is -6.21. The summed E-state index contributed by atoms with van der Waals surface area (Å²) < 4.78 is 109. The highest BCUT2D eigenvalue weighted by atomic mass is 32.2. The minimum atomic E-state index is -5.16. The zero-order valence-corrected chi connectivity index (χ0v) is 18.8. The molecule has 1 saturated heterocycles. The van der Waals surface area contributed by atoms with Gasteiger partial charge in [-0.25, -0.2) is 17.6 Å². The monoisotopic (exact) mass is 522 g/mol. The highest BCUT2D eigenvalue weighted by Gasteiger charge is 2.62. The number of hydrogen-bond acceptors (Lipinski definition) is 4. The van der Waals surface area contributed by atoms with E-state index in [0.717, 1.165) is 0 Å². The van der Waals surface area contributed by atoms with Gasteiger partial charge in [-0.3, -0.25) is 4.79 Å². The van der Waals surface area contributed by atoms with Crippen LogP contribution in [0.15, 0.2) is 41.6 Å². The first-order valence-corrected chi connectivity index (χ1v) is 11.8. The zero-order chi connectivity index (χ0) is 25.8. The number of benzene rings is 2.